The summed E-state index contributed by atoms with van der Waals surface area (Å²) in [6.45, 7) is 5.89. The quantitative estimate of drug-likeness (QED) is 0.563. The molecule has 0 unspecified atom stereocenters. The molecule has 0 aromatic heterocycles. The molecule has 1 fully saturated rings. The number of ether oxygens (including phenoxy) is 1. The van der Waals surface area contributed by atoms with Crippen LogP contribution in [0.2, 0.25) is 0 Å². The molecule has 0 spiro atoms. The van der Waals surface area contributed by atoms with Gasteiger partial charge in [-0.3, -0.25) is 14.3 Å². The van der Waals surface area contributed by atoms with Gasteiger partial charge in [-0.2, -0.15) is 0 Å². The van der Waals surface area contributed by atoms with Crippen LogP contribution in [0.5, 0.6) is 5.75 Å². The first kappa shape index (κ1) is 25.6. The number of nitrogens with one attached hydrogen (secondary N) is 2. The van der Waals surface area contributed by atoms with Gasteiger partial charge in [0.05, 0.1) is 12.0 Å². The van der Waals surface area contributed by atoms with Gasteiger partial charge in [0.1, 0.15) is 5.75 Å². The molecule has 1 heterocycles. The lowest BCUT2D eigenvalue weighted by atomic mass is 9.95. The largest absolute Gasteiger partial charge is 0.497 e. The Hall–Kier alpha value is -3.07. The fourth-order valence-corrected chi connectivity index (χ4v) is 4.94. The normalized spacial score (nSPS) is 14.6. The number of benzene rings is 2. The van der Waals surface area contributed by atoms with E-state index in [-0.39, 0.29) is 22.6 Å². The first-order chi connectivity index (χ1) is 16.2. The predicted molar refractivity (Wildman–Crippen MR) is 131 cm³/mol. The third-order valence-electron chi connectivity index (χ3n) is 5.89. The van der Waals surface area contributed by atoms with Gasteiger partial charge in [-0.15, -0.1) is 0 Å². The fourth-order valence-electron chi connectivity index (χ4n) is 3.85. The second-order valence-electron chi connectivity index (χ2n) is 8.91. The zero-order valence-electron chi connectivity index (χ0n) is 19.9. The van der Waals surface area contributed by atoms with Crippen molar-refractivity contribution in [3.8, 4) is 5.75 Å². The highest BCUT2D eigenvalue weighted by Gasteiger charge is 2.28. The van der Waals surface area contributed by atoms with Crippen LogP contribution in [0.4, 0.5) is 5.69 Å². The first-order valence-corrected chi connectivity index (χ1v) is 13.0. The summed E-state index contributed by atoms with van der Waals surface area (Å²) in [6.07, 6.45) is 2.17. The molecule has 9 heteroatoms. The van der Waals surface area contributed by atoms with Gasteiger partial charge < -0.3 is 15.0 Å². The van der Waals surface area contributed by atoms with Crippen molar-refractivity contribution in [1.29, 1.82) is 0 Å². The number of methoxy groups -OCH3 is 1. The van der Waals surface area contributed by atoms with E-state index >= 15 is 0 Å². The molecule has 0 radical (unpaired) electrons. The Morgan fingerprint density at radius 1 is 1.09 bits per heavy atom. The lowest BCUT2D eigenvalue weighted by Crippen LogP contribution is -2.43. The number of hydrogen-bond acceptors (Lipinski definition) is 5. The molecular weight excluding hydrogens is 454 g/mol. The van der Waals surface area contributed by atoms with Gasteiger partial charge in [-0.25, -0.2) is 8.42 Å². The Morgan fingerprint density at radius 2 is 1.79 bits per heavy atom. The molecule has 1 aliphatic rings. The summed E-state index contributed by atoms with van der Waals surface area (Å²) in [7, 11) is -2.37. The Bertz CT molecular complexity index is 1110. The van der Waals surface area contributed by atoms with Gasteiger partial charge in [-0.05, 0) is 55.5 Å². The molecule has 0 atom stereocenters. The molecule has 34 heavy (non-hydrogen) atoms. The molecule has 2 aromatic rings. The molecule has 0 aliphatic carbocycles. The summed E-state index contributed by atoms with van der Waals surface area (Å²) < 4.78 is 33.2. The number of piperidine rings is 1. The maximum absolute atomic E-state index is 13.0. The second-order valence-corrected chi connectivity index (χ2v) is 10.6. The SMILES string of the molecule is COc1cccc(S(=O)(=O)Nc2cccc(C(=O)N3CCC(C(=O)NCCC(C)C)CC3)c2)c1. The monoisotopic (exact) mass is 487 g/mol. The molecule has 2 N–H and O–H groups in total. The summed E-state index contributed by atoms with van der Waals surface area (Å²) >= 11 is 0. The molecule has 0 bridgehead atoms. The number of nitrogens with zero attached hydrogens (tertiary/aromatic N) is 1. The summed E-state index contributed by atoms with van der Waals surface area (Å²) in [6, 6.07) is 12.6. The summed E-state index contributed by atoms with van der Waals surface area (Å²) in [5.74, 6) is 0.763. The number of hydrogen-bond donors (Lipinski definition) is 2. The number of rotatable bonds is 9. The highest BCUT2D eigenvalue weighted by Crippen LogP contribution is 2.23. The third-order valence-corrected chi connectivity index (χ3v) is 7.27. The number of likely N-dealkylation sites (tertiary alicyclic amines) is 1. The minimum Gasteiger partial charge on any atom is -0.497 e. The van der Waals surface area contributed by atoms with E-state index in [1.807, 2.05) is 0 Å². The number of carbonyl (C=O) groups excluding carboxylic acids is 2. The van der Waals surface area contributed by atoms with Crippen LogP contribution in [0.15, 0.2) is 53.4 Å². The van der Waals surface area contributed by atoms with Gasteiger partial charge in [0.2, 0.25) is 5.91 Å². The molecule has 1 saturated heterocycles. The maximum Gasteiger partial charge on any atom is 0.262 e. The molecule has 0 saturated carbocycles. The van der Waals surface area contributed by atoms with E-state index in [9.17, 15) is 18.0 Å². The zero-order valence-corrected chi connectivity index (χ0v) is 20.7. The summed E-state index contributed by atoms with van der Waals surface area (Å²) in [4.78, 5) is 27.2. The van der Waals surface area contributed by atoms with Crippen LogP contribution in [0.25, 0.3) is 0 Å². The van der Waals surface area contributed by atoms with Crippen LogP contribution in [0.1, 0.15) is 43.5 Å². The van der Waals surface area contributed by atoms with E-state index in [1.54, 1.807) is 35.2 Å². The van der Waals surface area contributed by atoms with Crippen molar-refractivity contribution in [2.45, 2.75) is 38.0 Å². The van der Waals surface area contributed by atoms with Crippen molar-refractivity contribution in [3.63, 3.8) is 0 Å². The Labute approximate surface area is 201 Å². The molecule has 2 aromatic carbocycles. The standard InChI is InChI=1S/C25H33N3O5S/c1-18(2)10-13-26-24(29)19-11-14-28(15-12-19)25(30)20-6-4-7-21(16-20)27-34(31,32)23-9-5-8-22(17-23)33-3/h4-9,16-19,27H,10-15H2,1-3H3,(H,26,29). The maximum atomic E-state index is 13.0. The number of anilines is 1. The van der Waals surface area contributed by atoms with Crippen LogP contribution in [0.3, 0.4) is 0 Å². The fraction of sp³-hybridized carbons (Fsp3) is 0.440. The first-order valence-electron chi connectivity index (χ1n) is 11.5. The highest BCUT2D eigenvalue weighted by atomic mass is 32.2. The van der Waals surface area contributed by atoms with Crippen LogP contribution in [-0.2, 0) is 14.8 Å². The number of amides is 2. The molecule has 3 rings (SSSR count). The molecule has 184 valence electrons. The van der Waals surface area contributed by atoms with Gasteiger partial charge in [-0.1, -0.05) is 26.0 Å². The number of sulfonamides is 1. The molecule has 8 nitrogen and oxygen atoms in total. The van der Waals surface area contributed by atoms with E-state index < -0.39 is 10.0 Å². The van der Waals surface area contributed by atoms with Crippen molar-refractivity contribution >= 4 is 27.5 Å². The van der Waals surface area contributed by atoms with Crippen LogP contribution < -0.4 is 14.8 Å². The lowest BCUT2D eigenvalue weighted by molar-refractivity contribution is -0.126. The number of carbonyl (C=O) groups is 2. The minimum atomic E-state index is -3.84. The second kappa shape index (κ2) is 11.4. The Kier molecular flexibility index (Phi) is 8.55. The van der Waals surface area contributed by atoms with E-state index in [0.717, 1.165) is 6.42 Å². The van der Waals surface area contributed by atoms with E-state index in [4.69, 9.17) is 4.74 Å². The average Bonchev–Trinajstić information content (AvgIpc) is 2.83. The summed E-state index contributed by atoms with van der Waals surface area (Å²) in [5, 5.41) is 2.99. The van der Waals surface area contributed by atoms with Gasteiger partial charge >= 0.3 is 0 Å². The summed E-state index contributed by atoms with van der Waals surface area (Å²) in [5.41, 5.74) is 0.693. The van der Waals surface area contributed by atoms with Crippen LogP contribution in [-0.4, -0.2) is 51.9 Å². The lowest BCUT2D eigenvalue weighted by Gasteiger charge is -2.31. The Balaban J connectivity index is 1.60. The third kappa shape index (κ3) is 6.72. The average molecular weight is 488 g/mol. The van der Waals surface area contributed by atoms with Gasteiger partial charge in [0.15, 0.2) is 0 Å². The van der Waals surface area contributed by atoms with Gasteiger partial charge in [0.25, 0.3) is 15.9 Å². The molecule has 1 aliphatic heterocycles. The predicted octanol–water partition coefficient (Wildman–Crippen LogP) is 3.51. The molecule has 2 amide bonds. The van der Waals surface area contributed by atoms with Crippen molar-refractivity contribution in [2.24, 2.45) is 11.8 Å². The van der Waals surface area contributed by atoms with E-state index in [1.165, 1.54) is 25.3 Å². The van der Waals surface area contributed by atoms with Crippen LogP contribution in [0, 0.1) is 11.8 Å². The van der Waals surface area contributed by atoms with Crippen LogP contribution >= 0.6 is 0 Å². The van der Waals surface area contributed by atoms with Crippen molar-refractivity contribution in [3.05, 3.63) is 54.1 Å². The molecular formula is C25H33N3O5S. The Morgan fingerprint density at radius 3 is 2.47 bits per heavy atom. The topological polar surface area (TPSA) is 105 Å². The van der Waals surface area contributed by atoms with Crippen molar-refractivity contribution in [2.75, 3.05) is 31.5 Å². The van der Waals surface area contributed by atoms with Gasteiger partial charge in [0, 0.05) is 42.9 Å². The van der Waals surface area contributed by atoms with Crippen molar-refractivity contribution < 1.29 is 22.7 Å². The van der Waals surface area contributed by atoms with Crippen molar-refractivity contribution in [1.82, 2.24) is 10.2 Å². The van der Waals surface area contributed by atoms with E-state index in [0.29, 0.717) is 55.4 Å². The zero-order chi connectivity index (χ0) is 24.7. The smallest absolute Gasteiger partial charge is 0.262 e. The highest BCUT2D eigenvalue weighted by molar-refractivity contribution is 7.92. The van der Waals surface area contributed by atoms with E-state index in [2.05, 4.69) is 23.9 Å². The minimum absolute atomic E-state index is 0.0571.